The molecular weight excluding hydrogens is 460 g/mol. The lowest BCUT2D eigenvalue weighted by molar-refractivity contribution is -0.138. The van der Waals surface area contributed by atoms with Crippen LogP contribution < -0.4 is 0 Å². The Kier molecular flexibility index (Phi) is 7.31. The van der Waals surface area contributed by atoms with Gasteiger partial charge in [0.15, 0.2) is 0 Å². The topological polar surface area (TPSA) is 81.8 Å². The summed E-state index contributed by atoms with van der Waals surface area (Å²) in [5.41, 5.74) is 1.14. The Bertz CT molecular complexity index is 1040. The van der Waals surface area contributed by atoms with E-state index in [4.69, 9.17) is 4.42 Å². The number of rotatable bonds is 5. The number of nitrogens with zero attached hydrogens (tertiary/aromatic N) is 2. The lowest BCUT2D eigenvalue weighted by Gasteiger charge is -2.14. The highest BCUT2D eigenvalue weighted by Gasteiger charge is 2.24. The minimum Gasteiger partial charge on any atom is -0.462 e. The van der Waals surface area contributed by atoms with Gasteiger partial charge in [-0.15, -0.1) is 0 Å². The van der Waals surface area contributed by atoms with Gasteiger partial charge in [-0.25, -0.2) is 3.97 Å². The summed E-state index contributed by atoms with van der Waals surface area (Å²) in [5.74, 6) is 0. The van der Waals surface area contributed by atoms with Crippen molar-refractivity contribution in [1.82, 2.24) is 8.87 Å². The van der Waals surface area contributed by atoms with Gasteiger partial charge in [0.1, 0.15) is 15.8 Å². The minimum atomic E-state index is -3.76. The number of benzene rings is 1. The predicted octanol–water partition coefficient (Wildman–Crippen LogP) is 4.25. The second-order valence-electron chi connectivity index (χ2n) is 7.64. The Morgan fingerprint density at radius 1 is 1.21 bits per heavy atom. The van der Waals surface area contributed by atoms with Crippen LogP contribution in [0.15, 0.2) is 56.7 Å². The van der Waals surface area contributed by atoms with Gasteiger partial charge in [0, 0.05) is 24.2 Å². The van der Waals surface area contributed by atoms with Crippen LogP contribution in [0.1, 0.15) is 26.3 Å². The molecule has 0 saturated carbocycles. The Morgan fingerprint density at radius 2 is 1.86 bits per heavy atom. The zero-order chi connectivity index (χ0) is 21.8. The number of carbonyl (C=O) groups excluding carboxylic acids is 1. The van der Waals surface area contributed by atoms with Gasteiger partial charge in [-0.1, -0.05) is 18.2 Å². The van der Waals surface area contributed by atoms with Crippen molar-refractivity contribution < 1.29 is 22.4 Å². The molecule has 0 saturated heterocycles. The van der Waals surface area contributed by atoms with Crippen molar-refractivity contribution in [2.24, 2.45) is 0 Å². The number of ether oxygens (including phenoxy) is 1. The molecule has 0 spiro atoms. The molecule has 0 N–H and O–H groups in total. The molecule has 1 aromatic carbocycles. The normalized spacial score (nSPS) is 12.0. The maximum absolute atomic E-state index is 12.7. The Labute approximate surface area is 179 Å². The van der Waals surface area contributed by atoms with Crippen molar-refractivity contribution in [1.29, 1.82) is 0 Å². The molecule has 0 unspecified atom stereocenters. The molecular formula is C20H25BrN2O5S. The van der Waals surface area contributed by atoms with E-state index in [0.717, 1.165) is 10.9 Å². The number of para-hydroxylation sites is 1. The first kappa shape index (κ1) is 23.2. The fraction of sp³-hybridized carbons (Fsp3) is 0.350. The summed E-state index contributed by atoms with van der Waals surface area (Å²) >= 11 is 3.31. The fourth-order valence-electron chi connectivity index (χ4n) is 2.43. The Hall–Kier alpha value is -2.10. The smallest absolute Gasteiger partial charge is 0.302 e. The number of aromatic nitrogens is 1. The molecule has 158 valence electrons. The van der Waals surface area contributed by atoms with Gasteiger partial charge in [-0.2, -0.15) is 8.42 Å². The number of hydrogen-bond acceptors (Lipinski definition) is 6. The SMILES string of the molecule is CC(C)(C)OC=O.CN(C)Cc1cc(Br)n(S(=O)(=O)c2cc3ccccc3o2)c1. The van der Waals surface area contributed by atoms with Crippen molar-refractivity contribution >= 4 is 43.4 Å². The van der Waals surface area contributed by atoms with Crippen molar-refractivity contribution in [3.8, 4) is 0 Å². The number of halogens is 1. The number of hydrogen-bond donors (Lipinski definition) is 0. The maximum atomic E-state index is 12.7. The molecule has 0 bridgehead atoms. The molecule has 0 fully saturated rings. The average molecular weight is 485 g/mol. The molecule has 9 heteroatoms. The molecule has 7 nitrogen and oxygen atoms in total. The first-order valence-electron chi connectivity index (χ1n) is 8.81. The van der Waals surface area contributed by atoms with Crippen LogP contribution in [0.2, 0.25) is 0 Å². The summed E-state index contributed by atoms with van der Waals surface area (Å²) in [6.07, 6.45) is 1.60. The third kappa shape index (κ3) is 6.19. The van der Waals surface area contributed by atoms with Crippen molar-refractivity contribution in [3.05, 3.63) is 52.8 Å². The summed E-state index contributed by atoms with van der Waals surface area (Å²) < 4.78 is 37.2. The fourth-order valence-corrected chi connectivity index (χ4v) is 4.62. The van der Waals surface area contributed by atoms with E-state index in [9.17, 15) is 13.2 Å². The Balaban J connectivity index is 0.000000370. The van der Waals surface area contributed by atoms with Crippen molar-refractivity contribution in [2.45, 2.75) is 38.0 Å². The van der Waals surface area contributed by atoms with Crippen LogP contribution in [0.5, 0.6) is 0 Å². The molecule has 0 aliphatic carbocycles. The van der Waals surface area contributed by atoms with E-state index >= 15 is 0 Å². The van der Waals surface area contributed by atoms with E-state index < -0.39 is 10.0 Å². The first-order valence-corrected chi connectivity index (χ1v) is 11.0. The summed E-state index contributed by atoms with van der Waals surface area (Å²) in [6.45, 7) is 6.57. The van der Waals surface area contributed by atoms with Crippen LogP contribution in [0.4, 0.5) is 0 Å². The molecule has 3 aromatic rings. The van der Waals surface area contributed by atoms with Gasteiger partial charge in [0.25, 0.3) is 6.47 Å². The van der Waals surface area contributed by atoms with Gasteiger partial charge < -0.3 is 14.1 Å². The second kappa shape index (κ2) is 9.15. The monoisotopic (exact) mass is 484 g/mol. The molecule has 2 aromatic heterocycles. The van der Waals surface area contributed by atoms with Crippen molar-refractivity contribution in [3.63, 3.8) is 0 Å². The van der Waals surface area contributed by atoms with E-state index in [2.05, 4.69) is 20.7 Å². The molecule has 0 aliphatic rings. The highest BCUT2D eigenvalue weighted by Crippen LogP contribution is 2.27. The van der Waals surface area contributed by atoms with Gasteiger partial charge in [-0.3, -0.25) is 4.79 Å². The van der Waals surface area contributed by atoms with E-state index in [-0.39, 0.29) is 10.7 Å². The van der Waals surface area contributed by atoms with E-state index in [1.807, 2.05) is 58.0 Å². The van der Waals surface area contributed by atoms with Crippen LogP contribution in [0.25, 0.3) is 11.0 Å². The van der Waals surface area contributed by atoms with Crippen LogP contribution in [-0.4, -0.2) is 43.5 Å². The predicted molar refractivity (Wildman–Crippen MR) is 115 cm³/mol. The van der Waals surface area contributed by atoms with Gasteiger partial charge in [0.05, 0.1) is 0 Å². The van der Waals surface area contributed by atoms with Gasteiger partial charge >= 0.3 is 10.0 Å². The third-order valence-electron chi connectivity index (χ3n) is 3.61. The summed E-state index contributed by atoms with van der Waals surface area (Å²) in [7, 11) is 0.0973. The maximum Gasteiger partial charge on any atom is 0.302 e. The summed E-state index contributed by atoms with van der Waals surface area (Å²) in [5, 5.41) is 0.694. The lowest BCUT2D eigenvalue weighted by atomic mass is 10.2. The van der Waals surface area contributed by atoms with E-state index in [0.29, 0.717) is 23.2 Å². The largest absolute Gasteiger partial charge is 0.462 e. The molecule has 0 radical (unpaired) electrons. The van der Waals surface area contributed by atoms with Crippen molar-refractivity contribution in [2.75, 3.05) is 14.1 Å². The molecule has 0 atom stereocenters. The summed E-state index contributed by atoms with van der Waals surface area (Å²) in [6, 6.07) is 10.6. The molecule has 2 heterocycles. The van der Waals surface area contributed by atoms with Gasteiger partial charge in [-0.05, 0) is 68.5 Å². The van der Waals surface area contributed by atoms with E-state index in [1.54, 1.807) is 24.4 Å². The quantitative estimate of drug-likeness (QED) is 0.503. The minimum absolute atomic E-state index is 0.0681. The standard InChI is InChI=1S/C15H15BrN2O3S.C5H10O2/c1-17(2)9-11-7-14(16)18(10-11)22(19,20)15-8-12-5-3-4-6-13(12)21-15;1-5(2,3)7-4-6/h3-8,10H,9H2,1-2H3;4H,1-3H3. The Morgan fingerprint density at radius 3 is 2.38 bits per heavy atom. The molecule has 3 rings (SSSR count). The molecule has 29 heavy (non-hydrogen) atoms. The molecule has 0 aliphatic heterocycles. The third-order valence-corrected chi connectivity index (χ3v) is 5.99. The highest BCUT2D eigenvalue weighted by atomic mass is 79.9. The second-order valence-corrected chi connectivity index (χ2v) is 10.2. The number of furan rings is 1. The zero-order valence-electron chi connectivity index (χ0n) is 17.0. The van der Waals surface area contributed by atoms with Gasteiger partial charge in [0.2, 0.25) is 5.09 Å². The highest BCUT2D eigenvalue weighted by molar-refractivity contribution is 9.10. The van der Waals surface area contributed by atoms with E-state index in [1.165, 1.54) is 3.97 Å². The lowest BCUT2D eigenvalue weighted by Crippen LogP contribution is -2.17. The van der Waals surface area contributed by atoms with Crippen LogP contribution in [0.3, 0.4) is 0 Å². The first-order chi connectivity index (χ1) is 13.4. The van der Waals surface area contributed by atoms with Crippen LogP contribution >= 0.6 is 15.9 Å². The average Bonchev–Trinajstić information content (AvgIpc) is 3.18. The number of fused-ring (bicyclic) bond motifs is 1. The van der Waals surface area contributed by atoms with Crippen LogP contribution in [0, 0.1) is 0 Å². The molecule has 0 amide bonds. The van der Waals surface area contributed by atoms with Crippen LogP contribution in [-0.2, 0) is 26.1 Å². The number of carbonyl (C=O) groups is 1. The summed E-state index contributed by atoms with van der Waals surface area (Å²) in [4.78, 5) is 11.6. The zero-order valence-corrected chi connectivity index (χ0v) is 19.5.